The van der Waals surface area contributed by atoms with Crippen LogP contribution in [0.15, 0.2) is 59.1 Å². The Bertz CT molecular complexity index is 1050. The van der Waals surface area contributed by atoms with Crippen molar-refractivity contribution in [2.45, 2.75) is 37.4 Å². The highest BCUT2D eigenvalue weighted by atomic mass is 79.9. The number of imide groups is 1. The summed E-state index contributed by atoms with van der Waals surface area (Å²) in [6, 6.07) is 17.1. The van der Waals surface area contributed by atoms with E-state index in [2.05, 4.69) is 31.5 Å². The van der Waals surface area contributed by atoms with E-state index in [1.54, 1.807) is 14.1 Å². The first-order chi connectivity index (χ1) is 16.8. The minimum Gasteiger partial charge on any atom is -0.331 e. The molecule has 0 radical (unpaired) electrons. The summed E-state index contributed by atoms with van der Waals surface area (Å²) >= 11 is 3.41. The minimum absolute atomic E-state index is 0.101. The molecule has 0 unspecified atom stereocenters. The highest BCUT2D eigenvalue weighted by Gasteiger charge is 2.52. The molecule has 2 aliphatic rings. The molecular weight excluding hydrogens is 510 g/mol. The van der Waals surface area contributed by atoms with Crippen LogP contribution in [-0.4, -0.2) is 71.9 Å². The van der Waals surface area contributed by atoms with Gasteiger partial charge in [-0.05, 0) is 42.5 Å². The van der Waals surface area contributed by atoms with E-state index in [1.165, 1.54) is 9.80 Å². The van der Waals surface area contributed by atoms with Gasteiger partial charge in [-0.25, -0.2) is 9.59 Å². The third-order valence-electron chi connectivity index (χ3n) is 6.85. The molecule has 9 heteroatoms. The molecule has 2 saturated heterocycles. The van der Waals surface area contributed by atoms with Gasteiger partial charge in [-0.15, -0.1) is 0 Å². The number of nitrogens with one attached hydrogen (secondary N) is 2. The standard InChI is InChI=1S/C26H32BrN5O3/c1-30(2)24(34)28-22(20-6-4-3-5-7-20)12-15-31-16-13-26(14-17-31)23(33)32(25(35)29-26)18-19-8-10-21(27)11-9-19/h3-11,22H,12-18H2,1-2H3,(H,28,34)(H,29,35)/t22-/m0/s1. The van der Waals surface area contributed by atoms with E-state index in [0.29, 0.717) is 25.9 Å². The monoisotopic (exact) mass is 541 g/mol. The second-order valence-corrected chi connectivity index (χ2v) is 10.4. The molecule has 2 fully saturated rings. The van der Waals surface area contributed by atoms with Crippen molar-refractivity contribution in [1.82, 2.24) is 25.3 Å². The summed E-state index contributed by atoms with van der Waals surface area (Å²) in [6.07, 6.45) is 1.91. The normalized spacial score (nSPS) is 18.4. The molecule has 2 aromatic rings. The van der Waals surface area contributed by atoms with Gasteiger partial charge in [-0.2, -0.15) is 0 Å². The lowest BCUT2D eigenvalue weighted by atomic mass is 9.87. The number of hydrogen-bond donors (Lipinski definition) is 2. The molecule has 0 bridgehead atoms. The van der Waals surface area contributed by atoms with Crippen LogP contribution in [0.3, 0.4) is 0 Å². The van der Waals surface area contributed by atoms with Crippen LogP contribution >= 0.6 is 15.9 Å². The molecule has 0 aliphatic carbocycles. The Morgan fingerprint density at radius 1 is 1.09 bits per heavy atom. The smallest absolute Gasteiger partial charge is 0.325 e. The van der Waals surface area contributed by atoms with E-state index < -0.39 is 5.54 Å². The molecular formula is C26H32BrN5O3. The molecule has 1 spiro atoms. The van der Waals surface area contributed by atoms with E-state index in [1.807, 2.05) is 54.6 Å². The van der Waals surface area contributed by atoms with Crippen LogP contribution in [0.4, 0.5) is 9.59 Å². The summed E-state index contributed by atoms with van der Waals surface area (Å²) in [6.45, 7) is 2.48. The van der Waals surface area contributed by atoms with Gasteiger partial charge in [0.25, 0.3) is 5.91 Å². The van der Waals surface area contributed by atoms with E-state index in [0.717, 1.165) is 28.6 Å². The number of rotatable bonds is 7. The zero-order valence-electron chi connectivity index (χ0n) is 20.2. The van der Waals surface area contributed by atoms with Crippen LogP contribution in [-0.2, 0) is 11.3 Å². The number of amides is 5. The van der Waals surface area contributed by atoms with E-state index >= 15 is 0 Å². The number of urea groups is 2. The van der Waals surface area contributed by atoms with Crippen molar-refractivity contribution in [3.63, 3.8) is 0 Å². The fraction of sp³-hybridized carbons (Fsp3) is 0.423. The average molecular weight is 542 g/mol. The number of carbonyl (C=O) groups is 3. The van der Waals surface area contributed by atoms with Crippen molar-refractivity contribution in [3.8, 4) is 0 Å². The van der Waals surface area contributed by atoms with Crippen LogP contribution in [0.2, 0.25) is 0 Å². The maximum absolute atomic E-state index is 13.3. The van der Waals surface area contributed by atoms with Gasteiger partial charge in [-0.1, -0.05) is 58.4 Å². The predicted molar refractivity (Wildman–Crippen MR) is 138 cm³/mol. The number of nitrogens with zero attached hydrogens (tertiary/aromatic N) is 3. The van der Waals surface area contributed by atoms with Gasteiger partial charge < -0.3 is 20.4 Å². The Hall–Kier alpha value is -2.91. The fourth-order valence-electron chi connectivity index (χ4n) is 4.69. The molecule has 0 aromatic heterocycles. The maximum Gasteiger partial charge on any atom is 0.325 e. The summed E-state index contributed by atoms with van der Waals surface area (Å²) in [5, 5.41) is 6.10. The summed E-state index contributed by atoms with van der Waals surface area (Å²) in [5.41, 5.74) is 1.16. The number of benzene rings is 2. The number of carbonyl (C=O) groups excluding carboxylic acids is 3. The summed E-state index contributed by atoms with van der Waals surface area (Å²) in [4.78, 5) is 43.4. The molecule has 0 saturated carbocycles. The molecule has 2 N–H and O–H groups in total. The SMILES string of the molecule is CN(C)C(=O)N[C@@H](CCN1CCC2(CC1)NC(=O)N(Cc1ccc(Br)cc1)C2=O)c1ccccc1. The van der Waals surface area contributed by atoms with Crippen LogP contribution in [0.1, 0.15) is 36.4 Å². The summed E-state index contributed by atoms with van der Waals surface area (Å²) in [7, 11) is 3.46. The number of likely N-dealkylation sites (tertiary alicyclic amines) is 1. The van der Waals surface area contributed by atoms with E-state index in [-0.39, 0.29) is 30.6 Å². The lowest BCUT2D eigenvalue weighted by Gasteiger charge is -2.38. The number of piperidine rings is 1. The number of halogens is 1. The highest BCUT2D eigenvalue weighted by molar-refractivity contribution is 9.10. The Morgan fingerprint density at radius 3 is 2.37 bits per heavy atom. The van der Waals surface area contributed by atoms with Crippen molar-refractivity contribution in [3.05, 3.63) is 70.2 Å². The lowest BCUT2D eigenvalue weighted by Crippen LogP contribution is -2.55. The van der Waals surface area contributed by atoms with Crippen LogP contribution in [0.25, 0.3) is 0 Å². The third-order valence-corrected chi connectivity index (χ3v) is 7.38. The van der Waals surface area contributed by atoms with E-state index in [4.69, 9.17) is 0 Å². The van der Waals surface area contributed by atoms with Crippen LogP contribution in [0, 0.1) is 0 Å². The molecule has 35 heavy (non-hydrogen) atoms. The first-order valence-electron chi connectivity index (χ1n) is 11.9. The second kappa shape index (κ2) is 10.8. The van der Waals surface area contributed by atoms with Crippen molar-refractivity contribution in [2.75, 3.05) is 33.7 Å². The molecule has 4 rings (SSSR count). The summed E-state index contributed by atoms with van der Waals surface area (Å²) in [5.74, 6) is -0.134. The Morgan fingerprint density at radius 2 is 1.74 bits per heavy atom. The van der Waals surface area contributed by atoms with Gasteiger partial charge in [0.05, 0.1) is 12.6 Å². The van der Waals surface area contributed by atoms with Gasteiger partial charge in [0.2, 0.25) is 0 Å². The Labute approximate surface area is 214 Å². The Balaban J connectivity index is 1.34. The molecule has 1 atom stereocenters. The minimum atomic E-state index is -0.819. The highest BCUT2D eigenvalue weighted by Crippen LogP contribution is 2.31. The maximum atomic E-state index is 13.3. The van der Waals surface area contributed by atoms with E-state index in [9.17, 15) is 14.4 Å². The Kier molecular flexibility index (Phi) is 7.76. The average Bonchev–Trinajstić information content (AvgIpc) is 3.08. The van der Waals surface area contributed by atoms with Gasteiger partial charge in [0, 0.05) is 38.2 Å². The topological polar surface area (TPSA) is 85.0 Å². The van der Waals surface area contributed by atoms with Gasteiger partial charge in [0.15, 0.2) is 0 Å². The fourth-order valence-corrected chi connectivity index (χ4v) is 4.95. The van der Waals surface area contributed by atoms with Crippen molar-refractivity contribution >= 4 is 33.9 Å². The zero-order chi connectivity index (χ0) is 25.0. The number of hydrogen-bond acceptors (Lipinski definition) is 4. The molecule has 2 heterocycles. The van der Waals surface area contributed by atoms with Crippen molar-refractivity contribution in [1.29, 1.82) is 0 Å². The first-order valence-corrected chi connectivity index (χ1v) is 12.7. The molecule has 8 nitrogen and oxygen atoms in total. The van der Waals surface area contributed by atoms with Gasteiger partial charge in [0.1, 0.15) is 5.54 Å². The lowest BCUT2D eigenvalue weighted by molar-refractivity contribution is -0.133. The predicted octanol–water partition coefficient (Wildman–Crippen LogP) is 3.74. The van der Waals surface area contributed by atoms with Gasteiger partial charge in [-0.3, -0.25) is 9.69 Å². The molecule has 5 amide bonds. The van der Waals surface area contributed by atoms with Crippen molar-refractivity contribution < 1.29 is 14.4 Å². The molecule has 2 aromatic carbocycles. The third kappa shape index (κ3) is 5.85. The molecule has 2 aliphatic heterocycles. The zero-order valence-corrected chi connectivity index (χ0v) is 21.8. The molecule has 186 valence electrons. The van der Waals surface area contributed by atoms with Crippen LogP contribution in [0.5, 0.6) is 0 Å². The van der Waals surface area contributed by atoms with Crippen LogP contribution < -0.4 is 10.6 Å². The summed E-state index contributed by atoms with van der Waals surface area (Å²) < 4.78 is 0.957. The van der Waals surface area contributed by atoms with Crippen molar-refractivity contribution in [2.24, 2.45) is 0 Å². The van der Waals surface area contributed by atoms with Gasteiger partial charge >= 0.3 is 12.1 Å². The second-order valence-electron chi connectivity index (χ2n) is 9.47. The quantitative estimate of drug-likeness (QED) is 0.523. The first kappa shape index (κ1) is 25.2. The largest absolute Gasteiger partial charge is 0.331 e.